The molecule has 1 nitrogen and oxygen atoms in total. The van der Waals surface area contributed by atoms with E-state index in [9.17, 15) is 0 Å². The Labute approximate surface area is 88.9 Å². The van der Waals surface area contributed by atoms with Crippen LogP contribution in [0, 0.1) is 0 Å². The maximum Gasteiger partial charge on any atom is 0.0713 e. The van der Waals surface area contributed by atoms with Crippen LogP contribution in [0.15, 0.2) is 29.2 Å². The van der Waals surface area contributed by atoms with Gasteiger partial charge in [0.1, 0.15) is 0 Å². The highest BCUT2D eigenvalue weighted by molar-refractivity contribution is 7.98. The first kappa shape index (κ1) is 10.9. The number of thioether (sulfide) groups is 1. The molecule has 3 heteroatoms. The van der Waals surface area contributed by atoms with Crippen molar-refractivity contribution in [3.05, 3.63) is 29.8 Å². The van der Waals surface area contributed by atoms with Crippen LogP contribution in [0.4, 0.5) is 0 Å². The zero-order valence-electron chi connectivity index (χ0n) is 7.72. The van der Waals surface area contributed by atoms with Gasteiger partial charge in [0, 0.05) is 11.4 Å². The van der Waals surface area contributed by atoms with Crippen LogP contribution in [-0.4, -0.2) is 18.8 Å². The van der Waals surface area contributed by atoms with Crippen molar-refractivity contribution in [3.8, 4) is 0 Å². The van der Waals surface area contributed by atoms with E-state index in [-0.39, 0.29) is 0 Å². The summed E-state index contributed by atoms with van der Waals surface area (Å²) in [6.07, 6.45) is 3.13. The second-order valence-corrected chi connectivity index (χ2v) is 3.88. The average molecular weight is 216 g/mol. The molecule has 1 aromatic rings. The summed E-state index contributed by atoms with van der Waals surface area (Å²) in [7, 11) is 0. The summed E-state index contributed by atoms with van der Waals surface area (Å²) in [5.74, 6) is 0. The van der Waals surface area contributed by atoms with Crippen LogP contribution < -0.4 is 5.32 Å². The van der Waals surface area contributed by atoms with Crippen LogP contribution in [0.1, 0.15) is 5.56 Å². The molecule has 0 aliphatic heterocycles. The van der Waals surface area contributed by atoms with Gasteiger partial charge in [-0.15, -0.1) is 23.4 Å². The molecule has 13 heavy (non-hydrogen) atoms. The highest BCUT2D eigenvalue weighted by Crippen LogP contribution is 2.14. The van der Waals surface area contributed by atoms with E-state index >= 15 is 0 Å². The number of halogens is 1. The topological polar surface area (TPSA) is 12.0 Å². The fourth-order valence-electron chi connectivity index (χ4n) is 1.09. The Bertz CT molecular complexity index is 235. The summed E-state index contributed by atoms with van der Waals surface area (Å²) in [5, 5.41) is 3.09. The number of nitrogens with one attached hydrogen (secondary N) is 1. The molecule has 0 atom stereocenters. The number of hydrogen-bond acceptors (Lipinski definition) is 2. The maximum atomic E-state index is 5.50. The SMILES string of the molecule is CSc1ccc(CCNCCl)cc1. The predicted molar refractivity (Wildman–Crippen MR) is 60.6 cm³/mol. The third-order valence-electron chi connectivity index (χ3n) is 1.84. The van der Waals surface area contributed by atoms with Gasteiger partial charge >= 0.3 is 0 Å². The quantitative estimate of drug-likeness (QED) is 0.351. The molecule has 0 heterocycles. The first-order valence-electron chi connectivity index (χ1n) is 4.26. The third-order valence-corrected chi connectivity index (χ3v) is 2.78. The Kier molecular flexibility index (Phi) is 5.28. The van der Waals surface area contributed by atoms with Gasteiger partial charge in [0.25, 0.3) is 0 Å². The van der Waals surface area contributed by atoms with Gasteiger partial charge in [0.15, 0.2) is 0 Å². The highest BCUT2D eigenvalue weighted by atomic mass is 35.5. The van der Waals surface area contributed by atoms with Crippen LogP contribution >= 0.6 is 23.4 Å². The standard InChI is InChI=1S/C10H14ClNS/c1-13-10-4-2-9(3-5-10)6-7-12-8-11/h2-5,12H,6-8H2,1H3. The van der Waals surface area contributed by atoms with Gasteiger partial charge in [-0.05, 0) is 30.4 Å². The Morgan fingerprint density at radius 1 is 1.31 bits per heavy atom. The molecule has 0 saturated carbocycles. The molecule has 0 aliphatic carbocycles. The molecule has 1 aromatic carbocycles. The van der Waals surface area contributed by atoms with Crippen LogP contribution in [0.2, 0.25) is 0 Å². The minimum atomic E-state index is 0.531. The smallest absolute Gasteiger partial charge is 0.0713 e. The summed E-state index contributed by atoms with van der Waals surface area (Å²) in [5.41, 5.74) is 1.36. The predicted octanol–water partition coefficient (Wildman–Crippen LogP) is 2.74. The molecule has 0 spiro atoms. The number of benzene rings is 1. The van der Waals surface area contributed by atoms with E-state index < -0.39 is 0 Å². The van der Waals surface area contributed by atoms with Crippen molar-refractivity contribution in [1.82, 2.24) is 5.32 Å². The monoisotopic (exact) mass is 215 g/mol. The van der Waals surface area contributed by atoms with Gasteiger partial charge in [0.2, 0.25) is 0 Å². The fraction of sp³-hybridized carbons (Fsp3) is 0.400. The van der Waals surface area contributed by atoms with Gasteiger partial charge in [-0.2, -0.15) is 0 Å². The summed E-state index contributed by atoms with van der Waals surface area (Å²) < 4.78 is 0. The number of hydrogen-bond donors (Lipinski definition) is 1. The molecule has 1 N–H and O–H groups in total. The highest BCUT2D eigenvalue weighted by Gasteiger charge is 1.93. The number of alkyl halides is 1. The molecule has 0 amide bonds. The summed E-state index contributed by atoms with van der Waals surface area (Å²) in [4.78, 5) is 1.31. The van der Waals surface area contributed by atoms with E-state index in [2.05, 4.69) is 35.8 Å². The van der Waals surface area contributed by atoms with Crippen molar-refractivity contribution in [1.29, 1.82) is 0 Å². The molecule has 0 unspecified atom stereocenters. The average Bonchev–Trinajstić information content (AvgIpc) is 2.19. The van der Waals surface area contributed by atoms with Crippen LogP contribution in [0.25, 0.3) is 0 Å². The van der Waals surface area contributed by atoms with Gasteiger partial charge in [0.05, 0.1) is 6.00 Å². The third kappa shape index (κ3) is 4.03. The molecule has 0 radical (unpaired) electrons. The van der Waals surface area contributed by atoms with E-state index in [1.54, 1.807) is 11.8 Å². The lowest BCUT2D eigenvalue weighted by molar-refractivity contribution is 0.770. The minimum Gasteiger partial charge on any atom is -0.304 e. The molecule has 0 bridgehead atoms. The Morgan fingerprint density at radius 3 is 2.54 bits per heavy atom. The normalized spacial score (nSPS) is 10.3. The lowest BCUT2D eigenvalue weighted by Gasteiger charge is -2.02. The van der Waals surface area contributed by atoms with Gasteiger partial charge in [-0.3, -0.25) is 0 Å². The summed E-state index contributed by atoms with van der Waals surface area (Å²) in [6, 6.07) is 9.17. The Balaban J connectivity index is 2.40. The van der Waals surface area contributed by atoms with E-state index in [0.717, 1.165) is 13.0 Å². The largest absolute Gasteiger partial charge is 0.304 e. The Hall–Kier alpha value is -0.180. The second kappa shape index (κ2) is 6.30. The van der Waals surface area contributed by atoms with Crippen molar-refractivity contribution in [2.45, 2.75) is 11.3 Å². The zero-order chi connectivity index (χ0) is 9.52. The molecule has 1 rings (SSSR count). The van der Waals surface area contributed by atoms with E-state index in [0.29, 0.717) is 6.00 Å². The van der Waals surface area contributed by atoms with Crippen molar-refractivity contribution < 1.29 is 0 Å². The van der Waals surface area contributed by atoms with Gasteiger partial charge in [-0.1, -0.05) is 12.1 Å². The second-order valence-electron chi connectivity index (χ2n) is 2.73. The van der Waals surface area contributed by atoms with Gasteiger partial charge < -0.3 is 5.32 Å². The van der Waals surface area contributed by atoms with Crippen LogP contribution in [-0.2, 0) is 6.42 Å². The number of rotatable bonds is 5. The molecule has 0 fully saturated rings. The van der Waals surface area contributed by atoms with E-state index in [1.807, 2.05) is 0 Å². The first-order chi connectivity index (χ1) is 6.36. The molecular weight excluding hydrogens is 202 g/mol. The maximum absolute atomic E-state index is 5.50. The lowest BCUT2D eigenvalue weighted by Crippen LogP contribution is -2.14. The van der Waals surface area contributed by atoms with Crippen LogP contribution in [0.3, 0.4) is 0 Å². The fourth-order valence-corrected chi connectivity index (χ4v) is 1.63. The van der Waals surface area contributed by atoms with Crippen molar-refractivity contribution in [2.24, 2.45) is 0 Å². The van der Waals surface area contributed by atoms with Crippen molar-refractivity contribution in [3.63, 3.8) is 0 Å². The molecule has 0 aliphatic rings. The minimum absolute atomic E-state index is 0.531. The van der Waals surface area contributed by atoms with Gasteiger partial charge in [-0.25, -0.2) is 0 Å². The first-order valence-corrected chi connectivity index (χ1v) is 6.02. The van der Waals surface area contributed by atoms with Crippen molar-refractivity contribution in [2.75, 3.05) is 18.8 Å². The molecule has 0 saturated heterocycles. The van der Waals surface area contributed by atoms with E-state index in [1.165, 1.54) is 10.5 Å². The summed E-state index contributed by atoms with van der Waals surface area (Å²) in [6.45, 7) is 0.947. The Morgan fingerprint density at radius 2 is 2.00 bits per heavy atom. The van der Waals surface area contributed by atoms with Crippen molar-refractivity contribution >= 4 is 23.4 Å². The molecule has 72 valence electrons. The van der Waals surface area contributed by atoms with Crippen LogP contribution in [0.5, 0.6) is 0 Å². The molecular formula is C10H14ClNS. The van der Waals surface area contributed by atoms with E-state index in [4.69, 9.17) is 11.6 Å². The zero-order valence-corrected chi connectivity index (χ0v) is 9.29. The molecule has 0 aromatic heterocycles. The lowest BCUT2D eigenvalue weighted by atomic mass is 10.1. The summed E-state index contributed by atoms with van der Waals surface area (Å²) >= 11 is 7.27.